The highest BCUT2D eigenvalue weighted by molar-refractivity contribution is 9.10. The van der Waals surface area contributed by atoms with Crippen LogP contribution in [0.15, 0.2) is 34.9 Å². The second-order valence-electron chi connectivity index (χ2n) is 4.15. The fourth-order valence-corrected chi connectivity index (χ4v) is 2.12. The van der Waals surface area contributed by atoms with Gasteiger partial charge in [0.05, 0.1) is 0 Å². The smallest absolute Gasteiger partial charge is 0.131 e. The first-order chi connectivity index (χ1) is 9.17. The molecule has 1 heterocycles. The molecule has 0 fully saturated rings. The number of hydrogen-bond donors (Lipinski definition) is 1. The average Bonchev–Trinajstić information content (AvgIpc) is 2.40. The van der Waals surface area contributed by atoms with Gasteiger partial charge < -0.3 is 5.32 Å². The van der Waals surface area contributed by atoms with E-state index in [2.05, 4.69) is 31.2 Å². The zero-order valence-corrected chi connectivity index (χ0v) is 12.2. The quantitative estimate of drug-likeness (QED) is 0.854. The van der Waals surface area contributed by atoms with Crippen LogP contribution in [0.3, 0.4) is 0 Å². The molecule has 0 unspecified atom stereocenters. The molecular formula is C14H15BrFN3. The predicted molar refractivity (Wildman–Crippen MR) is 77.7 cm³/mol. The van der Waals surface area contributed by atoms with Crippen molar-refractivity contribution >= 4 is 21.7 Å². The summed E-state index contributed by atoms with van der Waals surface area (Å²) in [4.78, 5) is 8.64. The molecule has 3 nitrogen and oxygen atoms in total. The van der Waals surface area contributed by atoms with Crippen molar-refractivity contribution in [3.8, 4) is 0 Å². The largest absolute Gasteiger partial charge is 0.370 e. The number of benzene rings is 1. The molecule has 19 heavy (non-hydrogen) atoms. The summed E-state index contributed by atoms with van der Waals surface area (Å²) in [5.74, 6) is 1.41. The molecule has 2 aromatic rings. The van der Waals surface area contributed by atoms with Crippen LogP contribution in [0.4, 0.5) is 10.2 Å². The number of rotatable bonds is 5. The van der Waals surface area contributed by atoms with Gasteiger partial charge in [-0.15, -0.1) is 0 Å². The number of aromatic nitrogens is 2. The third kappa shape index (κ3) is 4.28. The Labute approximate surface area is 120 Å². The van der Waals surface area contributed by atoms with Crippen molar-refractivity contribution in [1.29, 1.82) is 0 Å². The Morgan fingerprint density at radius 3 is 2.63 bits per heavy atom. The maximum absolute atomic E-state index is 12.8. The van der Waals surface area contributed by atoms with E-state index >= 15 is 0 Å². The summed E-state index contributed by atoms with van der Waals surface area (Å²) in [6.45, 7) is 2.77. The Morgan fingerprint density at radius 1 is 1.21 bits per heavy atom. The average molecular weight is 324 g/mol. The van der Waals surface area contributed by atoms with Gasteiger partial charge in [0.1, 0.15) is 22.1 Å². The maximum Gasteiger partial charge on any atom is 0.131 e. The molecule has 100 valence electrons. The van der Waals surface area contributed by atoms with Gasteiger partial charge in [0.15, 0.2) is 0 Å². The molecule has 0 bridgehead atoms. The number of anilines is 1. The van der Waals surface area contributed by atoms with Gasteiger partial charge in [0, 0.05) is 19.0 Å². The molecule has 1 aromatic heterocycles. The minimum atomic E-state index is -0.205. The third-order valence-electron chi connectivity index (χ3n) is 2.69. The molecule has 0 aliphatic carbocycles. The van der Waals surface area contributed by atoms with E-state index in [1.165, 1.54) is 12.1 Å². The molecule has 0 amide bonds. The summed E-state index contributed by atoms with van der Waals surface area (Å²) in [7, 11) is 0. The summed E-state index contributed by atoms with van der Waals surface area (Å²) in [5, 5.41) is 3.25. The second kappa shape index (κ2) is 6.61. The summed E-state index contributed by atoms with van der Waals surface area (Å²) in [6, 6.07) is 8.40. The maximum atomic E-state index is 12.8. The van der Waals surface area contributed by atoms with E-state index in [1.807, 2.05) is 13.0 Å². The molecule has 0 aliphatic rings. The number of nitrogens with zero attached hydrogens (tertiary/aromatic N) is 2. The summed E-state index contributed by atoms with van der Waals surface area (Å²) < 4.78 is 13.5. The van der Waals surface area contributed by atoms with Gasteiger partial charge in [-0.1, -0.05) is 19.1 Å². The lowest BCUT2D eigenvalue weighted by atomic mass is 10.1. The lowest BCUT2D eigenvalue weighted by Gasteiger charge is -2.07. The zero-order chi connectivity index (χ0) is 13.7. The van der Waals surface area contributed by atoms with E-state index in [1.54, 1.807) is 12.1 Å². The van der Waals surface area contributed by atoms with E-state index in [-0.39, 0.29) is 5.82 Å². The summed E-state index contributed by atoms with van der Waals surface area (Å²) >= 11 is 3.37. The lowest BCUT2D eigenvalue weighted by molar-refractivity contribution is 0.627. The summed E-state index contributed by atoms with van der Waals surface area (Å²) in [6.07, 6.45) is 1.62. The molecule has 0 atom stereocenters. The number of hydrogen-bond acceptors (Lipinski definition) is 3. The first-order valence-corrected chi connectivity index (χ1v) is 6.98. The van der Waals surface area contributed by atoms with Gasteiger partial charge in [0.25, 0.3) is 0 Å². The molecular weight excluding hydrogens is 309 g/mol. The van der Waals surface area contributed by atoms with Crippen LogP contribution in [0.5, 0.6) is 0 Å². The Balaban J connectivity index is 1.92. The molecule has 0 saturated carbocycles. The van der Waals surface area contributed by atoms with Crippen LogP contribution in [0.2, 0.25) is 0 Å². The molecule has 1 N–H and O–H groups in total. The van der Waals surface area contributed by atoms with Gasteiger partial charge in [-0.25, -0.2) is 14.4 Å². The van der Waals surface area contributed by atoms with E-state index in [0.29, 0.717) is 0 Å². The topological polar surface area (TPSA) is 37.8 Å². The molecule has 0 saturated heterocycles. The molecule has 0 aliphatic heterocycles. The van der Waals surface area contributed by atoms with Gasteiger partial charge in [0.2, 0.25) is 0 Å². The van der Waals surface area contributed by atoms with E-state index in [4.69, 9.17) is 0 Å². The van der Waals surface area contributed by atoms with Crippen molar-refractivity contribution in [1.82, 2.24) is 9.97 Å². The Morgan fingerprint density at radius 2 is 1.95 bits per heavy atom. The molecule has 0 radical (unpaired) electrons. The molecule has 1 aromatic carbocycles. The van der Waals surface area contributed by atoms with Gasteiger partial charge in [-0.2, -0.15) is 0 Å². The van der Waals surface area contributed by atoms with E-state index in [9.17, 15) is 4.39 Å². The third-order valence-corrected chi connectivity index (χ3v) is 3.10. The van der Waals surface area contributed by atoms with Gasteiger partial charge in [-0.3, -0.25) is 0 Å². The highest BCUT2D eigenvalue weighted by atomic mass is 79.9. The van der Waals surface area contributed by atoms with Crippen molar-refractivity contribution in [3.63, 3.8) is 0 Å². The molecule has 2 rings (SSSR count). The SMILES string of the molecule is CCc1nc(Br)cc(NCCc2ccc(F)cc2)n1. The van der Waals surface area contributed by atoms with Crippen LogP contribution < -0.4 is 5.32 Å². The number of aryl methyl sites for hydroxylation is 1. The van der Waals surface area contributed by atoms with Crippen molar-refractivity contribution in [3.05, 3.63) is 52.1 Å². The van der Waals surface area contributed by atoms with Crippen LogP contribution in [0, 0.1) is 5.82 Å². The number of halogens is 2. The Bertz CT molecular complexity index is 543. The van der Waals surface area contributed by atoms with Crippen molar-refractivity contribution < 1.29 is 4.39 Å². The molecule has 0 spiro atoms. The van der Waals surface area contributed by atoms with Gasteiger partial charge >= 0.3 is 0 Å². The Kier molecular flexibility index (Phi) is 4.85. The minimum Gasteiger partial charge on any atom is -0.370 e. The first-order valence-electron chi connectivity index (χ1n) is 6.19. The normalized spacial score (nSPS) is 10.5. The zero-order valence-electron chi connectivity index (χ0n) is 10.7. The van der Waals surface area contributed by atoms with Crippen molar-refractivity contribution in [2.75, 3.05) is 11.9 Å². The number of nitrogens with one attached hydrogen (secondary N) is 1. The fourth-order valence-electron chi connectivity index (χ4n) is 1.70. The predicted octanol–water partition coefficient (Wildman–Crippen LogP) is 3.60. The highest BCUT2D eigenvalue weighted by Gasteiger charge is 2.01. The van der Waals surface area contributed by atoms with Crippen molar-refractivity contribution in [2.45, 2.75) is 19.8 Å². The van der Waals surface area contributed by atoms with Crippen LogP contribution in [-0.4, -0.2) is 16.5 Å². The van der Waals surface area contributed by atoms with Crippen LogP contribution in [0.1, 0.15) is 18.3 Å². The monoisotopic (exact) mass is 323 g/mol. The van der Waals surface area contributed by atoms with E-state index < -0.39 is 0 Å². The summed E-state index contributed by atoms with van der Waals surface area (Å²) in [5.41, 5.74) is 1.10. The Hall–Kier alpha value is -1.49. The van der Waals surface area contributed by atoms with Gasteiger partial charge in [-0.05, 0) is 40.0 Å². The fraction of sp³-hybridized carbons (Fsp3) is 0.286. The van der Waals surface area contributed by atoms with E-state index in [0.717, 1.165) is 41.2 Å². The van der Waals surface area contributed by atoms with Crippen molar-refractivity contribution in [2.24, 2.45) is 0 Å². The second-order valence-corrected chi connectivity index (χ2v) is 4.96. The highest BCUT2D eigenvalue weighted by Crippen LogP contribution is 2.13. The van der Waals surface area contributed by atoms with Crippen LogP contribution in [-0.2, 0) is 12.8 Å². The van der Waals surface area contributed by atoms with Crippen LogP contribution in [0.25, 0.3) is 0 Å². The minimum absolute atomic E-state index is 0.205. The standard InChI is InChI=1S/C14H15BrFN3/c1-2-13-18-12(15)9-14(19-13)17-8-7-10-3-5-11(16)6-4-10/h3-6,9H,2,7-8H2,1H3,(H,17,18,19). The van der Waals surface area contributed by atoms with Crippen LogP contribution >= 0.6 is 15.9 Å². The lowest BCUT2D eigenvalue weighted by Crippen LogP contribution is -2.08. The first kappa shape index (κ1) is 13.9. The molecule has 5 heteroatoms.